The van der Waals surface area contributed by atoms with Gasteiger partial charge in [0.05, 0.1) is 23.6 Å². The van der Waals surface area contributed by atoms with E-state index in [1.54, 1.807) is 23.9 Å². The molecule has 1 saturated carbocycles. The molecule has 1 amide bonds. The molecule has 10 nitrogen and oxygen atoms in total. The lowest BCUT2D eigenvalue weighted by Gasteiger charge is -2.59. The van der Waals surface area contributed by atoms with Crippen LogP contribution in [0.1, 0.15) is 35.2 Å². The first-order chi connectivity index (χ1) is 16.9. The Morgan fingerprint density at radius 2 is 1.83 bits per heavy atom. The first-order valence-electron chi connectivity index (χ1n) is 11.9. The van der Waals surface area contributed by atoms with Crippen LogP contribution in [0.25, 0.3) is 0 Å². The highest BCUT2D eigenvalue weighted by Gasteiger charge is 2.70. The standard InChI is InChI=1S/C25H32N2O8S/c1-4-8-36-9-11-10-6-5-7-12(28)13(10)19(29)15-14(11)20(30)17-18(27(2)3)21(31)16(24(26)34)23(33)25(17,35)22(15)32/h5-7,11,14-15,17-18,20,22,28,30,32-33,35H,4,8-9H2,1-3H3,(H2,26,34)/t11-,14?,15?,17?,18-,20-,22?,25-/m0/s1. The third kappa shape index (κ3) is 3.59. The summed E-state index contributed by atoms with van der Waals surface area (Å²) in [7, 11) is 3.01. The Balaban J connectivity index is 1.97. The largest absolute Gasteiger partial charge is 0.508 e. The first-order valence-corrected chi connectivity index (χ1v) is 13.0. The van der Waals surface area contributed by atoms with Crippen LogP contribution < -0.4 is 5.73 Å². The molecular weight excluding hydrogens is 488 g/mol. The number of benzene rings is 1. The quantitative estimate of drug-likeness (QED) is 0.220. The molecule has 8 atom stereocenters. The van der Waals surface area contributed by atoms with Gasteiger partial charge in [0.1, 0.15) is 23.2 Å². The fourth-order valence-corrected chi connectivity index (χ4v) is 7.52. The van der Waals surface area contributed by atoms with Crippen LogP contribution in [0.2, 0.25) is 0 Å². The third-order valence-electron chi connectivity index (χ3n) is 7.88. The third-order valence-corrected chi connectivity index (χ3v) is 9.18. The number of thioether (sulfide) groups is 1. The van der Waals surface area contributed by atoms with Crippen molar-refractivity contribution < 1.29 is 39.9 Å². The molecule has 0 bridgehead atoms. The SMILES string of the molecule is CCCSC[C@H]1c2cccc(O)c2C(=O)C2C1[C@H](O)C1[C@H](N(C)C)C(=O)C(C(N)=O)=C(O)[C@@]1(O)C2O. The number of phenols is 1. The summed E-state index contributed by atoms with van der Waals surface area (Å²) in [6.07, 6.45) is -2.65. The number of carbonyl (C=O) groups excluding carboxylic acids is 3. The van der Waals surface area contributed by atoms with Gasteiger partial charge in [-0.2, -0.15) is 11.8 Å². The zero-order valence-electron chi connectivity index (χ0n) is 20.3. The Kier molecular flexibility index (Phi) is 6.99. The molecule has 0 spiro atoms. The van der Waals surface area contributed by atoms with E-state index in [0.29, 0.717) is 11.3 Å². The predicted molar refractivity (Wildman–Crippen MR) is 132 cm³/mol. The average molecular weight is 521 g/mol. The molecule has 196 valence electrons. The van der Waals surface area contributed by atoms with E-state index in [0.717, 1.165) is 12.2 Å². The molecule has 0 saturated heterocycles. The van der Waals surface area contributed by atoms with Crippen LogP contribution >= 0.6 is 11.8 Å². The number of hydrogen-bond acceptors (Lipinski definition) is 10. The molecule has 0 radical (unpaired) electrons. The van der Waals surface area contributed by atoms with Gasteiger partial charge in [-0.3, -0.25) is 19.3 Å². The molecule has 1 aromatic carbocycles. The summed E-state index contributed by atoms with van der Waals surface area (Å²) in [5.74, 6) is -7.43. The lowest BCUT2D eigenvalue weighted by molar-refractivity contribution is -0.221. The molecule has 36 heavy (non-hydrogen) atoms. The lowest BCUT2D eigenvalue weighted by atomic mass is 9.50. The second kappa shape index (κ2) is 9.46. The molecule has 4 rings (SSSR count). The minimum Gasteiger partial charge on any atom is -0.508 e. The molecule has 3 aliphatic rings. The Bertz CT molecular complexity index is 1140. The monoisotopic (exact) mass is 520 g/mol. The Morgan fingerprint density at radius 1 is 1.17 bits per heavy atom. The van der Waals surface area contributed by atoms with Gasteiger partial charge in [0.2, 0.25) is 0 Å². The van der Waals surface area contributed by atoms with E-state index >= 15 is 0 Å². The molecule has 11 heteroatoms. The minimum atomic E-state index is -2.72. The van der Waals surface area contributed by atoms with Crippen LogP contribution in [0.15, 0.2) is 29.5 Å². The van der Waals surface area contributed by atoms with E-state index in [1.165, 1.54) is 25.1 Å². The van der Waals surface area contributed by atoms with Crippen LogP contribution in [-0.4, -0.2) is 97.4 Å². The van der Waals surface area contributed by atoms with Gasteiger partial charge in [-0.25, -0.2) is 0 Å². The molecule has 0 aromatic heterocycles. The lowest BCUT2D eigenvalue weighted by Crippen LogP contribution is -2.74. The van der Waals surface area contributed by atoms with Crippen LogP contribution in [0.4, 0.5) is 0 Å². The average Bonchev–Trinajstić information content (AvgIpc) is 2.80. The number of aliphatic hydroxyl groups is 4. The van der Waals surface area contributed by atoms with Gasteiger partial charge in [0, 0.05) is 17.6 Å². The van der Waals surface area contributed by atoms with E-state index < -0.39 is 76.3 Å². The Morgan fingerprint density at radius 3 is 2.42 bits per heavy atom. The highest BCUT2D eigenvalue weighted by atomic mass is 32.2. The number of aromatic hydroxyl groups is 1. The van der Waals surface area contributed by atoms with Crippen molar-refractivity contribution in [2.75, 3.05) is 25.6 Å². The summed E-state index contributed by atoms with van der Waals surface area (Å²) in [4.78, 5) is 40.5. The number of nitrogens with two attached hydrogens (primary N) is 1. The highest BCUT2D eigenvalue weighted by molar-refractivity contribution is 7.99. The summed E-state index contributed by atoms with van der Waals surface area (Å²) in [6, 6.07) is 3.32. The topological polar surface area (TPSA) is 182 Å². The van der Waals surface area contributed by atoms with Crippen molar-refractivity contribution in [1.82, 2.24) is 4.90 Å². The maximum Gasteiger partial charge on any atom is 0.255 e. The minimum absolute atomic E-state index is 0.0104. The molecule has 4 unspecified atom stereocenters. The van der Waals surface area contributed by atoms with Crippen molar-refractivity contribution in [2.45, 2.75) is 43.1 Å². The number of hydrogen-bond donors (Lipinski definition) is 6. The number of Topliss-reactive ketones (excluding diaryl/α,β-unsaturated/α-hetero) is 2. The van der Waals surface area contributed by atoms with Gasteiger partial charge < -0.3 is 31.3 Å². The molecule has 7 N–H and O–H groups in total. The van der Waals surface area contributed by atoms with E-state index in [9.17, 15) is 39.9 Å². The van der Waals surface area contributed by atoms with E-state index in [2.05, 4.69) is 0 Å². The molecule has 3 aliphatic carbocycles. The summed E-state index contributed by atoms with van der Waals surface area (Å²) >= 11 is 1.58. The summed E-state index contributed by atoms with van der Waals surface area (Å²) < 4.78 is 0. The fraction of sp³-hybridized carbons (Fsp3) is 0.560. The summed E-state index contributed by atoms with van der Waals surface area (Å²) in [5.41, 5.74) is 2.26. The van der Waals surface area contributed by atoms with Gasteiger partial charge in [-0.1, -0.05) is 19.1 Å². The van der Waals surface area contributed by atoms with Crippen LogP contribution in [0.5, 0.6) is 5.75 Å². The number of amides is 1. The zero-order chi connectivity index (χ0) is 26.7. The van der Waals surface area contributed by atoms with Gasteiger partial charge in [0.25, 0.3) is 5.91 Å². The number of phenolic OH excluding ortho intramolecular Hbond substituents is 1. The summed E-state index contributed by atoms with van der Waals surface area (Å²) in [5, 5.41) is 56.7. The number of primary amides is 1. The van der Waals surface area contributed by atoms with Gasteiger partial charge in [0.15, 0.2) is 17.2 Å². The van der Waals surface area contributed by atoms with Crippen molar-refractivity contribution in [3.05, 3.63) is 40.7 Å². The first kappa shape index (κ1) is 26.6. The molecular formula is C25H32N2O8S. The van der Waals surface area contributed by atoms with Gasteiger partial charge in [-0.05, 0) is 43.8 Å². The van der Waals surface area contributed by atoms with Crippen molar-refractivity contribution >= 4 is 29.2 Å². The second-order valence-electron chi connectivity index (χ2n) is 10.0. The summed E-state index contributed by atoms with van der Waals surface area (Å²) in [6.45, 7) is 2.01. The molecule has 1 fully saturated rings. The van der Waals surface area contributed by atoms with Gasteiger partial charge in [-0.15, -0.1) is 0 Å². The highest BCUT2D eigenvalue weighted by Crippen LogP contribution is 2.57. The number of rotatable bonds is 6. The molecule has 0 heterocycles. The fourth-order valence-electron chi connectivity index (χ4n) is 6.41. The smallest absolute Gasteiger partial charge is 0.255 e. The Labute approximate surface area is 212 Å². The second-order valence-corrected chi connectivity index (χ2v) is 11.2. The number of fused-ring (bicyclic) bond motifs is 3. The van der Waals surface area contributed by atoms with Crippen LogP contribution in [-0.2, 0) is 9.59 Å². The van der Waals surface area contributed by atoms with Crippen molar-refractivity contribution in [3.8, 4) is 5.75 Å². The maximum absolute atomic E-state index is 13.7. The zero-order valence-corrected chi connectivity index (χ0v) is 21.1. The number of carbonyl (C=O) groups is 3. The number of ketones is 2. The number of likely N-dealkylation sites (N-methyl/N-ethyl adjacent to an activating group) is 1. The van der Waals surface area contributed by atoms with Crippen LogP contribution in [0, 0.1) is 17.8 Å². The van der Waals surface area contributed by atoms with Crippen LogP contribution in [0.3, 0.4) is 0 Å². The predicted octanol–water partition coefficient (Wildman–Crippen LogP) is -0.0593. The van der Waals surface area contributed by atoms with E-state index in [-0.39, 0.29) is 11.3 Å². The van der Waals surface area contributed by atoms with E-state index in [4.69, 9.17) is 5.73 Å². The normalized spacial score (nSPS) is 35.9. The number of aliphatic hydroxyl groups excluding tert-OH is 3. The van der Waals surface area contributed by atoms with Crippen molar-refractivity contribution in [2.24, 2.45) is 23.5 Å². The van der Waals surface area contributed by atoms with Gasteiger partial charge >= 0.3 is 0 Å². The molecule has 1 aromatic rings. The maximum atomic E-state index is 13.7. The Hall–Kier alpha value is -2.44. The number of nitrogens with zero attached hydrogens (tertiary/aromatic N) is 1. The van der Waals surface area contributed by atoms with Crippen molar-refractivity contribution in [3.63, 3.8) is 0 Å². The van der Waals surface area contributed by atoms with E-state index in [1.807, 2.05) is 6.92 Å². The van der Waals surface area contributed by atoms with Crippen molar-refractivity contribution in [1.29, 1.82) is 0 Å². The molecule has 0 aliphatic heterocycles.